The lowest BCUT2D eigenvalue weighted by Crippen LogP contribution is -2.54. The number of aliphatic hydroxyl groups is 1. The van der Waals surface area contributed by atoms with E-state index in [0.29, 0.717) is 34.0 Å². The quantitative estimate of drug-likeness (QED) is 0.0874. The van der Waals surface area contributed by atoms with Gasteiger partial charge in [0, 0.05) is 11.3 Å². The number of morpholine rings is 1. The number of carbonyl (C=O) groups excluding carboxylic acids is 3. The fourth-order valence-electron chi connectivity index (χ4n) is 10.1. The first-order valence-corrected chi connectivity index (χ1v) is 21.2. The zero-order chi connectivity index (χ0) is 42.2. The van der Waals surface area contributed by atoms with E-state index in [9.17, 15) is 5.11 Å². The van der Waals surface area contributed by atoms with Crippen molar-refractivity contribution in [3.8, 4) is 17.6 Å². The number of hydrogen-bond acceptors (Lipinski definition) is 8. The van der Waals surface area contributed by atoms with Crippen molar-refractivity contribution in [3.05, 3.63) is 173 Å². The lowest BCUT2D eigenvalue weighted by Gasteiger charge is -2.46. The number of esters is 1. The summed E-state index contributed by atoms with van der Waals surface area (Å²) in [6.07, 6.45) is 5.53. The molecule has 4 heterocycles. The third kappa shape index (κ3) is 6.82. The Bertz CT molecular complexity index is 2720. The van der Waals surface area contributed by atoms with Gasteiger partial charge in [0.1, 0.15) is 35.7 Å². The first-order chi connectivity index (χ1) is 30.4. The van der Waals surface area contributed by atoms with Crippen molar-refractivity contribution in [3.63, 3.8) is 0 Å². The molecule has 6 aromatic rings. The molecule has 1 aromatic heterocycles. The summed E-state index contributed by atoms with van der Waals surface area (Å²) in [5.74, 6) is 5.00. The number of imidazole rings is 1. The molecule has 0 unspecified atom stereocenters. The summed E-state index contributed by atoms with van der Waals surface area (Å²) in [6, 6.07) is 37.3. The standard InChI is InChI=1S/C51H45N5O6/c57-28-29-61-37-25-23-36(24-26-37)47-51(38-30-33(22-27-39(38)55-50(51)60)21-20-32-12-4-1-5-13-32)43(48(58)52-31-42-53-40-18-10-11-19-41(40)54-42)45-49(59)62-46(35-16-8-3-9-17-35)44(56(45)47)34-14-6-2-7-15-34/h2-3,6-12,14-19,22-27,30,43-47,57H,1,4-5,13,28-29,31H2,(H,52,58)(H,53,54)(H,55,60)/t43-,44-,45-,46+,47+,51-/m1/s1. The van der Waals surface area contributed by atoms with Gasteiger partial charge in [0.2, 0.25) is 11.8 Å². The molecule has 2 amide bonds. The van der Waals surface area contributed by atoms with Crippen LogP contribution >= 0.6 is 0 Å². The highest BCUT2D eigenvalue weighted by molar-refractivity contribution is 6.12. The molecule has 2 saturated heterocycles. The Morgan fingerprint density at radius 1 is 0.871 bits per heavy atom. The predicted octanol–water partition coefficient (Wildman–Crippen LogP) is 7.37. The molecule has 0 bridgehead atoms. The number of H-pyrrole nitrogens is 1. The molecule has 4 N–H and O–H groups in total. The molecule has 1 aliphatic carbocycles. The number of benzene rings is 5. The van der Waals surface area contributed by atoms with E-state index in [1.165, 1.54) is 0 Å². The minimum absolute atomic E-state index is 0.0211. The number of allylic oxidation sites excluding steroid dienone is 2. The smallest absolute Gasteiger partial charge is 0.324 e. The molecule has 62 heavy (non-hydrogen) atoms. The Morgan fingerprint density at radius 2 is 1.63 bits per heavy atom. The van der Waals surface area contributed by atoms with Crippen LogP contribution in [0.2, 0.25) is 0 Å². The molecule has 10 rings (SSSR count). The van der Waals surface area contributed by atoms with Gasteiger partial charge in [-0.1, -0.05) is 103 Å². The largest absolute Gasteiger partial charge is 0.491 e. The number of aromatic amines is 1. The fraction of sp³-hybridized carbons (Fsp3) is 0.255. The monoisotopic (exact) mass is 823 g/mol. The topological polar surface area (TPSA) is 146 Å². The second-order valence-electron chi connectivity index (χ2n) is 16.3. The summed E-state index contributed by atoms with van der Waals surface area (Å²) in [5, 5.41) is 15.8. The first-order valence-electron chi connectivity index (χ1n) is 21.2. The molecule has 1 spiro atoms. The second kappa shape index (κ2) is 16.5. The molecular formula is C51H45N5O6. The van der Waals surface area contributed by atoms with E-state index in [0.717, 1.165) is 53.4 Å². The van der Waals surface area contributed by atoms with Gasteiger partial charge < -0.3 is 30.2 Å². The van der Waals surface area contributed by atoms with Gasteiger partial charge in [0.15, 0.2) is 0 Å². The molecule has 11 nitrogen and oxygen atoms in total. The molecule has 0 saturated carbocycles. The highest BCUT2D eigenvalue weighted by Crippen LogP contribution is 2.64. The van der Waals surface area contributed by atoms with Crippen molar-refractivity contribution in [2.24, 2.45) is 5.92 Å². The summed E-state index contributed by atoms with van der Waals surface area (Å²) in [4.78, 5) is 56.2. The maximum Gasteiger partial charge on any atom is 0.324 e. The van der Waals surface area contributed by atoms with Gasteiger partial charge in [0.25, 0.3) is 0 Å². The molecule has 6 atom stereocenters. The molecule has 4 aliphatic rings. The van der Waals surface area contributed by atoms with Crippen LogP contribution in [0.3, 0.4) is 0 Å². The van der Waals surface area contributed by atoms with Gasteiger partial charge in [-0.3, -0.25) is 19.3 Å². The van der Waals surface area contributed by atoms with E-state index in [2.05, 4.69) is 38.4 Å². The summed E-state index contributed by atoms with van der Waals surface area (Å²) in [7, 11) is 0. The number of fused-ring (bicyclic) bond motifs is 4. The van der Waals surface area contributed by atoms with Crippen LogP contribution in [0.15, 0.2) is 139 Å². The van der Waals surface area contributed by atoms with Crippen molar-refractivity contribution < 1.29 is 29.0 Å². The van der Waals surface area contributed by atoms with Crippen LogP contribution < -0.4 is 15.4 Å². The number of para-hydroxylation sites is 2. The molecule has 5 aromatic carbocycles. The Labute approximate surface area is 359 Å². The van der Waals surface area contributed by atoms with Gasteiger partial charge in [0.05, 0.1) is 42.2 Å². The van der Waals surface area contributed by atoms with E-state index in [1.807, 2.05) is 115 Å². The minimum atomic E-state index is -1.68. The average Bonchev–Trinajstić information content (AvgIpc) is 3.97. The number of amides is 2. The van der Waals surface area contributed by atoms with E-state index < -0.39 is 53.3 Å². The van der Waals surface area contributed by atoms with Gasteiger partial charge in [-0.05, 0) is 96.0 Å². The summed E-state index contributed by atoms with van der Waals surface area (Å²) < 4.78 is 12.4. The summed E-state index contributed by atoms with van der Waals surface area (Å²) in [6.45, 7) is -0.0339. The average molecular weight is 824 g/mol. The normalized spacial score (nSPS) is 24.0. The van der Waals surface area contributed by atoms with Crippen LogP contribution in [-0.2, 0) is 31.1 Å². The Balaban J connectivity index is 1.19. The maximum absolute atomic E-state index is 15.5. The maximum atomic E-state index is 15.5. The number of hydrogen-bond donors (Lipinski definition) is 4. The predicted molar refractivity (Wildman–Crippen MR) is 233 cm³/mol. The second-order valence-corrected chi connectivity index (χ2v) is 16.3. The van der Waals surface area contributed by atoms with Gasteiger partial charge in [-0.15, -0.1) is 0 Å². The number of anilines is 1. The van der Waals surface area contributed by atoms with Gasteiger partial charge in [-0.25, -0.2) is 4.98 Å². The number of ether oxygens (including phenoxy) is 2. The zero-order valence-electron chi connectivity index (χ0n) is 33.9. The van der Waals surface area contributed by atoms with Crippen LogP contribution in [0.5, 0.6) is 5.75 Å². The summed E-state index contributed by atoms with van der Waals surface area (Å²) >= 11 is 0. The summed E-state index contributed by atoms with van der Waals surface area (Å²) in [5.41, 5.74) is 5.11. The van der Waals surface area contributed by atoms with Crippen molar-refractivity contribution in [1.29, 1.82) is 0 Å². The Kier molecular flexibility index (Phi) is 10.4. The van der Waals surface area contributed by atoms with E-state index in [1.54, 1.807) is 12.1 Å². The molecular weight excluding hydrogens is 779 g/mol. The SMILES string of the molecule is O=C1O[C@@H](c2ccccc2)[C@@H](c2ccccc2)N2[C@@H](c3ccc(OCCO)cc3)[C@]3(C(=O)Nc4ccc(C#CC5=CCCCC5)cc43)[C@@H](C(=O)NCc3nc4ccccc4[nH]3)[C@H]12. The lowest BCUT2D eigenvalue weighted by molar-refractivity contribution is -0.178. The molecule has 2 fully saturated rings. The van der Waals surface area contributed by atoms with Gasteiger partial charge in [-0.2, -0.15) is 0 Å². The van der Waals surface area contributed by atoms with Crippen molar-refractivity contribution >= 4 is 34.5 Å². The minimum Gasteiger partial charge on any atom is -0.491 e. The van der Waals surface area contributed by atoms with Crippen LogP contribution in [0, 0.1) is 17.8 Å². The highest BCUT2D eigenvalue weighted by atomic mass is 16.6. The number of aliphatic hydroxyl groups excluding tert-OH is 1. The number of cyclic esters (lactones) is 1. The number of carbonyl (C=O) groups is 3. The Hall–Kier alpha value is -7.00. The molecule has 3 aliphatic heterocycles. The number of nitrogens with zero attached hydrogens (tertiary/aromatic N) is 2. The van der Waals surface area contributed by atoms with Crippen molar-refractivity contribution in [1.82, 2.24) is 20.2 Å². The van der Waals surface area contributed by atoms with Crippen molar-refractivity contribution in [2.75, 3.05) is 18.5 Å². The fourth-order valence-corrected chi connectivity index (χ4v) is 10.1. The van der Waals surface area contributed by atoms with Crippen LogP contribution in [-0.4, -0.2) is 57.0 Å². The third-order valence-electron chi connectivity index (χ3n) is 12.7. The van der Waals surface area contributed by atoms with Crippen LogP contribution in [0.4, 0.5) is 5.69 Å². The van der Waals surface area contributed by atoms with Crippen LogP contribution in [0.1, 0.15) is 77.5 Å². The Morgan fingerprint density at radius 3 is 2.37 bits per heavy atom. The number of rotatable bonds is 9. The first kappa shape index (κ1) is 39.2. The zero-order valence-corrected chi connectivity index (χ0v) is 33.9. The number of nitrogens with one attached hydrogen (secondary N) is 3. The van der Waals surface area contributed by atoms with Crippen molar-refractivity contribution in [2.45, 2.75) is 61.9 Å². The van der Waals surface area contributed by atoms with E-state index in [4.69, 9.17) is 14.5 Å². The van der Waals surface area contributed by atoms with E-state index >= 15 is 14.4 Å². The highest BCUT2D eigenvalue weighted by Gasteiger charge is 2.74. The third-order valence-corrected chi connectivity index (χ3v) is 12.7. The molecule has 310 valence electrons. The van der Waals surface area contributed by atoms with Gasteiger partial charge >= 0.3 is 5.97 Å². The van der Waals surface area contributed by atoms with E-state index in [-0.39, 0.29) is 19.8 Å². The van der Waals surface area contributed by atoms with Crippen LogP contribution in [0.25, 0.3) is 11.0 Å². The molecule has 0 radical (unpaired) electrons. The lowest BCUT2D eigenvalue weighted by atomic mass is 9.65. The molecule has 11 heteroatoms. The number of aromatic nitrogens is 2.